The molecule has 1 heterocycles. The minimum absolute atomic E-state index is 0.210. The van der Waals surface area contributed by atoms with Gasteiger partial charge in [-0.3, -0.25) is 4.79 Å². The van der Waals surface area contributed by atoms with Crippen LogP contribution in [0, 0.1) is 0 Å². The van der Waals surface area contributed by atoms with Crippen LogP contribution in [-0.4, -0.2) is 35.2 Å². The first-order valence-corrected chi connectivity index (χ1v) is 9.76. The Morgan fingerprint density at radius 3 is 2.67 bits per heavy atom. The molecule has 144 valence electrons. The number of carbonyl (C=O) groups is 2. The molecule has 1 aromatic heterocycles. The second kappa shape index (κ2) is 8.39. The summed E-state index contributed by atoms with van der Waals surface area (Å²) in [5.74, 6) is -0.642. The van der Waals surface area contributed by atoms with Crippen LogP contribution in [0.2, 0.25) is 0 Å². The van der Waals surface area contributed by atoms with E-state index in [4.69, 9.17) is 14.6 Å². The van der Waals surface area contributed by atoms with Crippen molar-refractivity contribution in [2.24, 2.45) is 0 Å². The van der Waals surface area contributed by atoms with E-state index in [1.807, 2.05) is 12.3 Å². The molecule has 3 rings (SSSR count). The second-order valence-electron chi connectivity index (χ2n) is 6.36. The van der Waals surface area contributed by atoms with Gasteiger partial charge in [0.1, 0.15) is 5.01 Å². The van der Waals surface area contributed by atoms with E-state index in [0.717, 1.165) is 30.7 Å². The van der Waals surface area contributed by atoms with Crippen molar-refractivity contribution in [1.29, 1.82) is 0 Å². The highest BCUT2D eigenvalue weighted by Crippen LogP contribution is 2.40. The van der Waals surface area contributed by atoms with Crippen LogP contribution >= 0.6 is 11.3 Å². The minimum atomic E-state index is -1.08. The number of amides is 1. The molecular weight excluding hydrogens is 368 g/mol. The van der Waals surface area contributed by atoms with E-state index in [0.29, 0.717) is 23.7 Å². The summed E-state index contributed by atoms with van der Waals surface area (Å²) >= 11 is 1.55. The van der Waals surface area contributed by atoms with Crippen molar-refractivity contribution in [3.63, 3.8) is 0 Å². The molecule has 0 unspecified atom stereocenters. The van der Waals surface area contributed by atoms with E-state index in [1.165, 1.54) is 0 Å². The Morgan fingerprint density at radius 1 is 1.26 bits per heavy atom. The standard InChI is InChI=1S/C19H22N2O5S/c1-2-25-15-11-13(5-6-14(15)26-12-16(22)23)17(24)21-19(7-3-4-8-19)18-20-9-10-27-18/h5-6,9-11H,2-4,7-8,12H2,1H3,(H,21,24)(H,22,23). The fraction of sp³-hybridized carbons (Fsp3) is 0.421. The number of rotatable bonds is 8. The van der Waals surface area contributed by atoms with E-state index in [1.54, 1.807) is 35.7 Å². The summed E-state index contributed by atoms with van der Waals surface area (Å²) in [5.41, 5.74) is 0.0131. The van der Waals surface area contributed by atoms with Gasteiger partial charge in [-0.05, 0) is 38.0 Å². The largest absolute Gasteiger partial charge is 0.490 e. The number of carboxylic acid groups (broad SMARTS) is 1. The fourth-order valence-corrected chi connectivity index (χ4v) is 4.15. The zero-order chi connectivity index (χ0) is 19.3. The van der Waals surface area contributed by atoms with Crippen LogP contribution in [0.1, 0.15) is 48.0 Å². The lowest BCUT2D eigenvalue weighted by atomic mass is 9.97. The smallest absolute Gasteiger partial charge is 0.341 e. The number of nitrogens with zero attached hydrogens (tertiary/aromatic N) is 1. The van der Waals surface area contributed by atoms with Gasteiger partial charge in [-0.15, -0.1) is 11.3 Å². The summed E-state index contributed by atoms with van der Waals surface area (Å²) in [6.45, 7) is 1.71. The highest BCUT2D eigenvalue weighted by molar-refractivity contribution is 7.09. The summed E-state index contributed by atoms with van der Waals surface area (Å²) in [6.07, 6.45) is 5.58. The number of carboxylic acids is 1. The van der Waals surface area contributed by atoms with E-state index >= 15 is 0 Å². The molecule has 0 spiro atoms. The average Bonchev–Trinajstić information content (AvgIpc) is 3.33. The van der Waals surface area contributed by atoms with Gasteiger partial charge in [-0.2, -0.15) is 0 Å². The Morgan fingerprint density at radius 2 is 2.04 bits per heavy atom. The van der Waals surface area contributed by atoms with Crippen LogP contribution in [0.15, 0.2) is 29.8 Å². The van der Waals surface area contributed by atoms with Gasteiger partial charge >= 0.3 is 5.97 Å². The zero-order valence-corrected chi connectivity index (χ0v) is 15.9. The number of carbonyl (C=O) groups excluding carboxylic acids is 1. The molecule has 2 N–H and O–H groups in total. The topological polar surface area (TPSA) is 97.8 Å². The number of thiazole rings is 1. The maximum absolute atomic E-state index is 12.9. The van der Waals surface area contributed by atoms with Crippen molar-refractivity contribution in [2.75, 3.05) is 13.2 Å². The average molecular weight is 390 g/mol. The van der Waals surface area contributed by atoms with Crippen molar-refractivity contribution in [3.05, 3.63) is 40.3 Å². The molecule has 1 aliphatic rings. The molecule has 1 fully saturated rings. The molecule has 1 amide bonds. The molecule has 2 aromatic rings. The lowest BCUT2D eigenvalue weighted by Gasteiger charge is -2.28. The molecule has 0 aliphatic heterocycles. The maximum atomic E-state index is 12.9. The van der Waals surface area contributed by atoms with Crippen LogP contribution in [0.25, 0.3) is 0 Å². The van der Waals surface area contributed by atoms with Gasteiger partial charge in [0.15, 0.2) is 18.1 Å². The predicted molar refractivity (Wildman–Crippen MR) is 100 cm³/mol. The van der Waals surface area contributed by atoms with Crippen LogP contribution in [0.4, 0.5) is 0 Å². The normalized spacial score (nSPS) is 15.3. The molecule has 0 radical (unpaired) electrons. The summed E-state index contributed by atoms with van der Waals surface area (Å²) in [5, 5.41) is 14.8. The molecule has 8 heteroatoms. The summed E-state index contributed by atoms with van der Waals surface area (Å²) in [4.78, 5) is 28.1. The number of aromatic nitrogens is 1. The Bertz CT molecular complexity index is 800. The van der Waals surface area contributed by atoms with Crippen molar-refractivity contribution in [1.82, 2.24) is 10.3 Å². The number of benzene rings is 1. The quantitative estimate of drug-likeness (QED) is 0.718. The van der Waals surface area contributed by atoms with Gasteiger partial charge < -0.3 is 19.9 Å². The molecule has 1 aromatic carbocycles. The van der Waals surface area contributed by atoms with Crippen molar-refractivity contribution in [3.8, 4) is 11.5 Å². The van der Waals surface area contributed by atoms with Gasteiger partial charge in [-0.1, -0.05) is 12.8 Å². The van der Waals surface area contributed by atoms with Crippen molar-refractivity contribution < 1.29 is 24.2 Å². The summed E-state index contributed by atoms with van der Waals surface area (Å²) < 4.78 is 10.8. The molecule has 1 saturated carbocycles. The maximum Gasteiger partial charge on any atom is 0.341 e. The summed E-state index contributed by atoms with van der Waals surface area (Å²) in [6, 6.07) is 4.76. The highest BCUT2D eigenvalue weighted by atomic mass is 32.1. The number of aliphatic carboxylic acids is 1. The van der Waals surface area contributed by atoms with Gasteiger partial charge in [0.25, 0.3) is 5.91 Å². The Kier molecular flexibility index (Phi) is 5.95. The first-order valence-electron chi connectivity index (χ1n) is 8.88. The van der Waals surface area contributed by atoms with Gasteiger partial charge in [-0.25, -0.2) is 9.78 Å². The first-order chi connectivity index (χ1) is 13.0. The lowest BCUT2D eigenvalue weighted by Crippen LogP contribution is -2.43. The summed E-state index contributed by atoms with van der Waals surface area (Å²) in [7, 11) is 0. The van der Waals surface area contributed by atoms with Crippen molar-refractivity contribution >= 4 is 23.2 Å². The minimum Gasteiger partial charge on any atom is -0.490 e. The number of hydrogen-bond donors (Lipinski definition) is 2. The van der Waals surface area contributed by atoms with Crippen LogP contribution < -0.4 is 14.8 Å². The molecular formula is C19H22N2O5S. The van der Waals surface area contributed by atoms with E-state index in [2.05, 4.69) is 10.3 Å². The number of hydrogen-bond acceptors (Lipinski definition) is 6. The van der Waals surface area contributed by atoms with Gasteiger partial charge in [0.2, 0.25) is 0 Å². The number of ether oxygens (including phenoxy) is 2. The Hall–Kier alpha value is -2.61. The van der Waals surface area contributed by atoms with E-state index < -0.39 is 18.1 Å². The van der Waals surface area contributed by atoms with E-state index in [9.17, 15) is 9.59 Å². The molecule has 0 atom stereocenters. The van der Waals surface area contributed by atoms with Gasteiger partial charge in [0.05, 0.1) is 12.1 Å². The third-order valence-electron chi connectivity index (χ3n) is 4.51. The number of nitrogens with one attached hydrogen (secondary N) is 1. The Balaban J connectivity index is 1.81. The second-order valence-corrected chi connectivity index (χ2v) is 7.25. The first kappa shape index (κ1) is 19.2. The van der Waals surface area contributed by atoms with Crippen LogP contribution in [0.3, 0.4) is 0 Å². The molecule has 0 bridgehead atoms. The van der Waals surface area contributed by atoms with Crippen LogP contribution in [-0.2, 0) is 10.3 Å². The molecule has 0 saturated heterocycles. The predicted octanol–water partition coefficient (Wildman–Crippen LogP) is 3.20. The van der Waals surface area contributed by atoms with Crippen molar-refractivity contribution in [2.45, 2.75) is 38.1 Å². The molecule has 7 nitrogen and oxygen atoms in total. The monoisotopic (exact) mass is 390 g/mol. The Labute approximate surface area is 161 Å². The fourth-order valence-electron chi connectivity index (χ4n) is 3.30. The lowest BCUT2D eigenvalue weighted by molar-refractivity contribution is -0.139. The molecule has 1 aliphatic carbocycles. The SMILES string of the molecule is CCOc1cc(C(=O)NC2(c3nccs3)CCCC2)ccc1OCC(=O)O. The highest BCUT2D eigenvalue weighted by Gasteiger charge is 2.39. The zero-order valence-electron chi connectivity index (χ0n) is 15.1. The molecule has 27 heavy (non-hydrogen) atoms. The third-order valence-corrected chi connectivity index (χ3v) is 5.49. The van der Waals surface area contributed by atoms with Crippen LogP contribution in [0.5, 0.6) is 11.5 Å². The van der Waals surface area contributed by atoms with Gasteiger partial charge in [0, 0.05) is 17.1 Å². The third kappa shape index (κ3) is 4.39. The van der Waals surface area contributed by atoms with E-state index in [-0.39, 0.29) is 5.91 Å².